The average Bonchev–Trinajstić information content (AvgIpc) is 3.18. The van der Waals surface area contributed by atoms with Crippen LogP contribution in [0.4, 0.5) is 0 Å². The zero-order valence-corrected chi connectivity index (χ0v) is 14.2. The monoisotopic (exact) mass is 336 g/mol. The van der Waals surface area contributed by atoms with Crippen molar-refractivity contribution in [2.75, 3.05) is 0 Å². The highest BCUT2D eigenvalue weighted by atomic mass is 32.1. The lowest BCUT2D eigenvalue weighted by atomic mass is 10.1. The molecule has 0 N–H and O–H groups in total. The van der Waals surface area contributed by atoms with Crippen LogP contribution < -0.4 is 4.80 Å². The third kappa shape index (κ3) is 2.35. The molecule has 0 aliphatic heterocycles. The van der Waals surface area contributed by atoms with Gasteiger partial charge in [0.1, 0.15) is 0 Å². The molecule has 5 nitrogen and oxygen atoms in total. The summed E-state index contributed by atoms with van der Waals surface area (Å²) in [7, 11) is 1.79. The molecule has 6 heteroatoms. The Kier molecular flexibility index (Phi) is 3.54. The van der Waals surface area contributed by atoms with E-state index in [2.05, 4.69) is 45.8 Å². The lowest BCUT2D eigenvalue weighted by Gasteiger charge is -2.02. The van der Waals surface area contributed by atoms with E-state index in [0.717, 1.165) is 16.8 Å². The molecule has 0 radical (unpaired) electrons. The number of carbonyl (C=O) groups is 1. The lowest BCUT2D eigenvalue weighted by molar-refractivity contribution is 0.0992. The van der Waals surface area contributed by atoms with Gasteiger partial charge >= 0.3 is 0 Å². The molecule has 2 aromatic heterocycles. The SMILES string of the molecule is CCn1c(=NC(=O)c2ccn(C)n2)sc2c3ccccc3ccc21. The van der Waals surface area contributed by atoms with E-state index >= 15 is 0 Å². The number of hydrogen-bond acceptors (Lipinski definition) is 3. The van der Waals surface area contributed by atoms with E-state index in [1.54, 1.807) is 35.3 Å². The van der Waals surface area contributed by atoms with Gasteiger partial charge in [-0.15, -0.1) is 0 Å². The number of amides is 1. The molecule has 2 heterocycles. The van der Waals surface area contributed by atoms with Crippen LogP contribution in [0.25, 0.3) is 21.0 Å². The van der Waals surface area contributed by atoms with Gasteiger partial charge in [0.15, 0.2) is 10.5 Å². The van der Waals surface area contributed by atoms with E-state index in [1.807, 2.05) is 12.1 Å². The largest absolute Gasteiger partial charge is 0.317 e. The highest BCUT2D eigenvalue weighted by molar-refractivity contribution is 7.17. The standard InChI is InChI=1S/C18H16N4OS/c1-3-22-15-9-8-12-6-4-5-7-13(12)16(15)24-18(22)19-17(23)14-10-11-21(2)20-14/h4-11H,3H2,1-2H3. The van der Waals surface area contributed by atoms with Gasteiger partial charge in [-0.3, -0.25) is 9.48 Å². The Morgan fingerprint density at radius 1 is 1.21 bits per heavy atom. The minimum atomic E-state index is -0.311. The lowest BCUT2D eigenvalue weighted by Crippen LogP contribution is -2.16. The molecule has 0 spiro atoms. The van der Waals surface area contributed by atoms with Crippen LogP contribution in [0.15, 0.2) is 53.7 Å². The van der Waals surface area contributed by atoms with Crippen LogP contribution in [0.2, 0.25) is 0 Å². The molecule has 4 rings (SSSR count). The van der Waals surface area contributed by atoms with Gasteiger partial charge < -0.3 is 4.57 Å². The molecule has 0 saturated heterocycles. The molecule has 4 aromatic rings. The predicted molar refractivity (Wildman–Crippen MR) is 96.1 cm³/mol. The Morgan fingerprint density at radius 3 is 2.79 bits per heavy atom. The summed E-state index contributed by atoms with van der Waals surface area (Å²) in [6.07, 6.45) is 1.75. The third-order valence-electron chi connectivity index (χ3n) is 4.02. The van der Waals surface area contributed by atoms with Crippen molar-refractivity contribution >= 4 is 38.2 Å². The first-order valence-electron chi connectivity index (χ1n) is 7.77. The molecular weight excluding hydrogens is 320 g/mol. The molecule has 0 aliphatic carbocycles. The number of hydrogen-bond donors (Lipinski definition) is 0. The van der Waals surface area contributed by atoms with E-state index in [9.17, 15) is 4.79 Å². The molecule has 120 valence electrons. The van der Waals surface area contributed by atoms with Crippen LogP contribution in [0.5, 0.6) is 0 Å². The smallest absolute Gasteiger partial charge is 0.300 e. The van der Waals surface area contributed by atoms with Gasteiger partial charge in [0, 0.05) is 25.2 Å². The summed E-state index contributed by atoms with van der Waals surface area (Å²) in [5.41, 5.74) is 1.47. The number of aryl methyl sites for hydroxylation is 2. The number of benzene rings is 2. The molecule has 0 atom stereocenters. The Bertz CT molecular complexity index is 1130. The van der Waals surface area contributed by atoms with Crippen LogP contribution in [-0.4, -0.2) is 20.3 Å². The Hall–Kier alpha value is -2.73. The van der Waals surface area contributed by atoms with Crippen molar-refractivity contribution in [2.45, 2.75) is 13.5 Å². The van der Waals surface area contributed by atoms with Gasteiger partial charge in [0.2, 0.25) is 0 Å². The molecule has 0 saturated carbocycles. The van der Waals surface area contributed by atoms with Crippen molar-refractivity contribution in [1.29, 1.82) is 0 Å². The first kappa shape index (κ1) is 14.8. The maximum atomic E-state index is 12.4. The molecule has 0 unspecified atom stereocenters. The van der Waals surface area contributed by atoms with Crippen LogP contribution in [0, 0.1) is 0 Å². The van der Waals surface area contributed by atoms with Crippen molar-refractivity contribution < 1.29 is 4.79 Å². The summed E-state index contributed by atoms with van der Waals surface area (Å²) in [6, 6.07) is 14.2. The first-order chi connectivity index (χ1) is 11.7. The number of fused-ring (bicyclic) bond motifs is 3. The van der Waals surface area contributed by atoms with Gasteiger partial charge in [-0.25, -0.2) is 0 Å². The summed E-state index contributed by atoms with van der Waals surface area (Å²) in [5, 5.41) is 6.52. The predicted octanol–water partition coefficient (Wildman–Crippen LogP) is 3.35. The van der Waals surface area contributed by atoms with Gasteiger partial charge in [0.25, 0.3) is 5.91 Å². The number of rotatable bonds is 2. The maximum absolute atomic E-state index is 12.4. The molecule has 24 heavy (non-hydrogen) atoms. The normalized spacial score (nSPS) is 12.3. The summed E-state index contributed by atoms with van der Waals surface area (Å²) < 4.78 is 4.84. The van der Waals surface area contributed by atoms with Gasteiger partial charge in [-0.2, -0.15) is 10.1 Å². The molecule has 2 aromatic carbocycles. The quantitative estimate of drug-likeness (QED) is 0.564. The fourth-order valence-electron chi connectivity index (χ4n) is 2.86. The summed E-state index contributed by atoms with van der Waals surface area (Å²) in [6.45, 7) is 2.82. The van der Waals surface area contributed by atoms with Crippen LogP contribution in [0.3, 0.4) is 0 Å². The zero-order valence-electron chi connectivity index (χ0n) is 13.4. The van der Waals surface area contributed by atoms with E-state index in [1.165, 1.54) is 10.8 Å². The summed E-state index contributed by atoms with van der Waals surface area (Å²) >= 11 is 1.55. The van der Waals surface area contributed by atoms with Crippen molar-refractivity contribution in [3.05, 3.63) is 59.2 Å². The maximum Gasteiger partial charge on any atom is 0.300 e. The Morgan fingerprint density at radius 2 is 2.04 bits per heavy atom. The minimum Gasteiger partial charge on any atom is -0.317 e. The van der Waals surface area contributed by atoms with Gasteiger partial charge in [-0.1, -0.05) is 41.7 Å². The molecule has 0 aliphatic rings. The fraction of sp³-hybridized carbons (Fsp3) is 0.167. The Balaban J connectivity index is 1.96. The van der Waals surface area contributed by atoms with Crippen LogP contribution in [-0.2, 0) is 13.6 Å². The van der Waals surface area contributed by atoms with E-state index in [-0.39, 0.29) is 5.91 Å². The minimum absolute atomic E-state index is 0.311. The second kappa shape index (κ2) is 5.72. The molecule has 0 fully saturated rings. The van der Waals surface area contributed by atoms with Crippen LogP contribution in [0.1, 0.15) is 17.4 Å². The van der Waals surface area contributed by atoms with Gasteiger partial charge in [-0.05, 0) is 24.4 Å². The second-order valence-electron chi connectivity index (χ2n) is 5.56. The Labute approximate surface area is 142 Å². The summed E-state index contributed by atoms with van der Waals surface area (Å²) in [4.78, 5) is 17.4. The van der Waals surface area contributed by atoms with Crippen molar-refractivity contribution in [2.24, 2.45) is 12.0 Å². The first-order valence-corrected chi connectivity index (χ1v) is 8.59. The highest BCUT2D eigenvalue weighted by Crippen LogP contribution is 2.27. The third-order valence-corrected chi connectivity index (χ3v) is 5.15. The number of aromatic nitrogens is 3. The second-order valence-corrected chi connectivity index (χ2v) is 6.53. The van der Waals surface area contributed by atoms with E-state index < -0.39 is 0 Å². The molecule has 1 amide bonds. The van der Waals surface area contributed by atoms with Gasteiger partial charge in [0.05, 0.1) is 10.2 Å². The van der Waals surface area contributed by atoms with Crippen molar-refractivity contribution in [3.63, 3.8) is 0 Å². The van der Waals surface area contributed by atoms with Crippen molar-refractivity contribution in [3.8, 4) is 0 Å². The topological polar surface area (TPSA) is 52.2 Å². The number of thiazole rings is 1. The number of carbonyl (C=O) groups excluding carboxylic acids is 1. The van der Waals surface area contributed by atoms with E-state index in [4.69, 9.17) is 0 Å². The van der Waals surface area contributed by atoms with Crippen LogP contribution >= 0.6 is 11.3 Å². The fourth-order valence-corrected chi connectivity index (χ4v) is 4.09. The highest BCUT2D eigenvalue weighted by Gasteiger charge is 2.12. The average molecular weight is 336 g/mol. The summed E-state index contributed by atoms with van der Waals surface area (Å²) in [5.74, 6) is -0.311. The molecule has 0 bridgehead atoms. The van der Waals surface area contributed by atoms with Crippen molar-refractivity contribution in [1.82, 2.24) is 14.3 Å². The molecular formula is C18H16N4OS. The number of nitrogens with zero attached hydrogens (tertiary/aromatic N) is 4. The zero-order chi connectivity index (χ0) is 16.7. The van der Waals surface area contributed by atoms with E-state index in [0.29, 0.717) is 10.5 Å².